The Morgan fingerprint density at radius 1 is 1.00 bits per heavy atom. The van der Waals surface area contributed by atoms with Gasteiger partial charge in [-0.2, -0.15) is 0 Å². The summed E-state index contributed by atoms with van der Waals surface area (Å²) in [6, 6.07) is 14.8. The Balaban J connectivity index is 1.58. The van der Waals surface area contributed by atoms with Gasteiger partial charge in [0.2, 0.25) is 0 Å². The zero-order valence-corrected chi connectivity index (χ0v) is 15.4. The normalized spacial score (nSPS) is 14.7. The lowest BCUT2D eigenvalue weighted by Gasteiger charge is -2.30. The van der Waals surface area contributed by atoms with Crippen molar-refractivity contribution < 1.29 is 0 Å². The van der Waals surface area contributed by atoms with Crippen LogP contribution in [-0.2, 0) is 13.1 Å². The average molecular weight is 346 g/mol. The van der Waals surface area contributed by atoms with Crippen molar-refractivity contribution in [3.8, 4) is 0 Å². The van der Waals surface area contributed by atoms with Gasteiger partial charge in [-0.25, -0.2) is 4.98 Å². The largest absolute Gasteiger partial charge is 0.356 e. The van der Waals surface area contributed by atoms with E-state index in [-0.39, 0.29) is 0 Å². The lowest BCUT2D eigenvalue weighted by atomic mass is 10.1. The Kier molecular flexibility index (Phi) is 5.12. The van der Waals surface area contributed by atoms with Crippen LogP contribution in [0.15, 0.2) is 48.7 Å². The van der Waals surface area contributed by atoms with Crippen LogP contribution in [0.5, 0.6) is 0 Å². The monoisotopic (exact) mass is 346 g/mol. The first-order valence-corrected chi connectivity index (χ1v) is 9.56. The lowest BCUT2D eigenvalue weighted by molar-refractivity contribution is 0.570. The molecule has 4 heteroatoms. The fraction of sp³-hybridized carbons (Fsp3) is 0.364. The van der Waals surface area contributed by atoms with Gasteiger partial charge in [-0.1, -0.05) is 24.3 Å². The molecule has 2 aromatic heterocycles. The number of hydrogen-bond acceptors (Lipinski definition) is 4. The van der Waals surface area contributed by atoms with Gasteiger partial charge < -0.3 is 10.2 Å². The SMILES string of the molecule is Cc1cccnc1CNCc1cc2ccccc2nc1N1CCCCC1. The van der Waals surface area contributed by atoms with Crippen LogP contribution in [0.2, 0.25) is 0 Å². The molecule has 0 atom stereocenters. The molecule has 1 saturated heterocycles. The molecule has 0 aliphatic carbocycles. The minimum absolute atomic E-state index is 0.777. The molecule has 1 aliphatic rings. The van der Waals surface area contributed by atoms with E-state index >= 15 is 0 Å². The van der Waals surface area contributed by atoms with Gasteiger partial charge >= 0.3 is 0 Å². The molecule has 26 heavy (non-hydrogen) atoms. The number of rotatable bonds is 5. The molecule has 3 aromatic rings. The number of fused-ring (bicyclic) bond motifs is 1. The average Bonchev–Trinajstić information content (AvgIpc) is 2.69. The first-order chi connectivity index (χ1) is 12.8. The summed E-state index contributed by atoms with van der Waals surface area (Å²) >= 11 is 0. The predicted molar refractivity (Wildman–Crippen MR) is 107 cm³/mol. The third-order valence-electron chi connectivity index (χ3n) is 5.16. The van der Waals surface area contributed by atoms with Crippen LogP contribution in [0.3, 0.4) is 0 Å². The maximum absolute atomic E-state index is 5.01. The molecule has 134 valence electrons. The minimum Gasteiger partial charge on any atom is -0.356 e. The van der Waals surface area contributed by atoms with Crippen molar-refractivity contribution in [2.45, 2.75) is 39.3 Å². The topological polar surface area (TPSA) is 41.1 Å². The van der Waals surface area contributed by atoms with Gasteiger partial charge in [-0.15, -0.1) is 0 Å². The van der Waals surface area contributed by atoms with Crippen molar-refractivity contribution in [1.29, 1.82) is 0 Å². The number of nitrogens with one attached hydrogen (secondary N) is 1. The summed E-state index contributed by atoms with van der Waals surface area (Å²) in [7, 11) is 0. The Morgan fingerprint density at radius 2 is 1.85 bits per heavy atom. The zero-order valence-electron chi connectivity index (χ0n) is 15.4. The number of piperidine rings is 1. The molecule has 0 saturated carbocycles. The molecule has 0 unspecified atom stereocenters. The zero-order chi connectivity index (χ0) is 17.8. The highest BCUT2D eigenvalue weighted by molar-refractivity contribution is 5.81. The molecular weight excluding hydrogens is 320 g/mol. The summed E-state index contributed by atoms with van der Waals surface area (Å²) in [5.74, 6) is 1.15. The number of pyridine rings is 2. The van der Waals surface area contributed by atoms with E-state index in [9.17, 15) is 0 Å². The van der Waals surface area contributed by atoms with E-state index in [0.717, 1.165) is 43.2 Å². The molecule has 0 spiro atoms. The van der Waals surface area contributed by atoms with Gasteiger partial charge in [0.25, 0.3) is 0 Å². The number of anilines is 1. The van der Waals surface area contributed by atoms with Crippen molar-refractivity contribution >= 4 is 16.7 Å². The number of para-hydroxylation sites is 1. The number of aromatic nitrogens is 2. The molecule has 1 aromatic carbocycles. The molecule has 0 bridgehead atoms. The van der Waals surface area contributed by atoms with Gasteiger partial charge in [0.1, 0.15) is 5.82 Å². The summed E-state index contributed by atoms with van der Waals surface area (Å²) in [6.07, 6.45) is 5.71. The highest BCUT2D eigenvalue weighted by Crippen LogP contribution is 2.26. The molecule has 4 rings (SSSR count). The predicted octanol–water partition coefficient (Wildman–Crippen LogP) is 4.22. The van der Waals surface area contributed by atoms with Gasteiger partial charge in [0.15, 0.2) is 0 Å². The number of hydrogen-bond donors (Lipinski definition) is 1. The first-order valence-electron chi connectivity index (χ1n) is 9.56. The number of aryl methyl sites for hydroxylation is 1. The van der Waals surface area contributed by atoms with Crippen LogP contribution in [0.1, 0.15) is 36.1 Å². The molecule has 1 aliphatic heterocycles. The van der Waals surface area contributed by atoms with E-state index in [1.807, 2.05) is 12.3 Å². The second-order valence-electron chi connectivity index (χ2n) is 7.08. The molecule has 0 radical (unpaired) electrons. The summed E-state index contributed by atoms with van der Waals surface area (Å²) in [4.78, 5) is 12.0. The van der Waals surface area contributed by atoms with Crippen molar-refractivity contribution in [2.75, 3.05) is 18.0 Å². The van der Waals surface area contributed by atoms with Crippen LogP contribution in [0, 0.1) is 6.92 Å². The van der Waals surface area contributed by atoms with Gasteiger partial charge in [0, 0.05) is 43.3 Å². The maximum Gasteiger partial charge on any atom is 0.133 e. The highest BCUT2D eigenvalue weighted by atomic mass is 15.2. The molecule has 1 N–H and O–H groups in total. The van der Waals surface area contributed by atoms with E-state index in [1.165, 1.54) is 35.8 Å². The smallest absolute Gasteiger partial charge is 0.133 e. The number of benzene rings is 1. The summed E-state index contributed by atoms with van der Waals surface area (Å²) in [5.41, 5.74) is 4.70. The third kappa shape index (κ3) is 3.70. The first kappa shape index (κ1) is 17.0. The maximum atomic E-state index is 5.01. The summed E-state index contributed by atoms with van der Waals surface area (Å²) in [5, 5.41) is 4.78. The van der Waals surface area contributed by atoms with E-state index < -0.39 is 0 Å². The Morgan fingerprint density at radius 3 is 2.69 bits per heavy atom. The van der Waals surface area contributed by atoms with E-state index in [0.29, 0.717) is 0 Å². The van der Waals surface area contributed by atoms with Gasteiger partial charge in [-0.05, 0) is 49.9 Å². The molecule has 4 nitrogen and oxygen atoms in total. The highest BCUT2D eigenvalue weighted by Gasteiger charge is 2.17. The van der Waals surface area contributed by atoms with Crippen LogP contribution >= 0.6 is 0 Å². The van der Waals surface area contributed by atoms with E-state index in [1.54, 1.807) is 0 Å². The fourth-order valence-corrected chi connectivity index (χ4v) is 3.68. The second-order valence-corrected chi connectivity index (χ2v) is 7.08. The Hall–Kier alpha value is -2.46. The minimum atomic E-state index is 0.777. The van der Waals surface area contributed by atoms with Crippen molar-refractivity contribution in [2.24, 2.45) is 0 Å². The lowest BCUT2D eigenvalue weighted by Crippen LogP contribution is -2.31. The summed E-state index contributed by atoms with van der Waals surface area (Å²) < 4.78 is 0. The third-order valence-corrected chi connectivity index (χ3v) is 5.16. The van der Waals surface area contributed by atoms with Crippen molar-refractivity contribution in [1.82, 2.24) is 15.3 Å². The Bertz CT molecular complexity index is 884. The van der Waals surface area contributed by atoms with E-state index in [4.69, 9.17) is 4.98 Å². The van der Waals surface area contributed by atoms with Crippen molar-refractivity contribution in [3.05, 3.63) is 65.5 Å². The number of nitrogens with zero attached hydrogens (tertiary/aromatic N) is 3. The van der Waals surface area contributed by atoms with Crippen molar-refractivity contribution in [3.63, 3.8) is 0 Å². The van der Waals surface area contributed by atoms with E-state index in [2.05, 4.69) is 58.5 Å². The Labute approximate surface area is 155 Å². The van der Waals surface area contributed by atoms with Gasteiger partial charge in [0.05, 0.1) is 11.2 Å². The molecule has 3 heterocycles. The molecule has 0 amide bonds. The molecular formula is C22H26N4. The quantitative estimate of drug-likeness (QED) is 0.751. The van der Waals surface area contributed by atoms with Crippen LogP contribution in [-0.4, -0.2) is 23.1 Å². The molecule has 1 fully saturated rings. The van der Waals surface area contributed by atoms with Gasteiger partial charge in [-0.3, -0.25) is 4.98 Å². The second kappa shape index (κ2) is 7.83. The fourth-order valence-electron chi connectivity index (χ4n) is 3.68. The van der Waals surface area contributed by atoms with Crippen LogP contribution in [0.25, 0.3) is 10.9 Å². The summed E-state index contributed by atoms with van der Waals surface area (Å²) in [6.45, 7) is 5.91. The standard InChI is InChI=1S/C22H26N4/c1-17-8-7-11-24-21(17)16-23-15-19-14-18-9-3-4-10-20(18)25-22(19)26-12-5-2-6-13-26/h3-4,7-11,14,23H,2,5-6,12-13,15-16H2,1H3. The van der Waals surface area contributed by atoms with Crippen LogP contribution < -0.4 is 10.2 Å². The van der Waals surface area contributed by atoms with Crippen LogP contribution in [0.4, 0.5) is 5.82 Å².